The molecule has 4 atom stereocenters. The van der Waals surface area contributed by atoms with E-state index in [1.807, 2.05) is 30.3 Å². The van der Waals surface area contributed by atoms with E-state index in [0.717, 1.165) is 29.7 Å². The molecule has 0 aromatic heterocycles. The van der Waals surface area contributed by atoms with Crippen molar-refractivity contribution in [3.63, 3.8) is 0 Å². The fourth-order valence-corrected chi connectivity index (χ4v) is 5.16. The van der Waals surface area contributed by atoms with Gasteiger partial charge in [-0.05, 0) is 67.0 Å². The van der Waals surface area contributed by atoms with Crippen LogP contribution in [-0.4, -0.2) is 12.6 Å². The minimum absolute atomic E-state index is 0.0129. The van der Waals surface area contributed by atoms with E-state index in [2.05, 4.69) is 31.5 Å². The number of hydrogen-bond acceptors (Lipinski definition) is 2. The number of ether oxygens (including phenoxy) is 1. The molecule has 1 N–H and O–H groups in total. The lowest BCUT2D eigenvalue weighted by Crippen LogP contribution is -2.40. The summed E-state index contributed by atoms with van der Waals surface area (Å²) >= 11 is 12.4. The van der Waals surface area contributed by atoms with E-state index in [9.17, 15) is 4.39 Å². The number of nitrogens with one attached hydrogen (secondary N) is 1. The first-order chi connectivity index (χ1) is 15.3. The molecule has 2 aromatic carbocycles. The van der Waals surface area contributed by atoms with Crippen molar-refractivity contribution in [2.45, 2.75) is 50.6 Å². The Kier molecular flexibility index (Phi) is 7.00. The average Bonchev–Trinajstić information content (AvgIpc) is 3.59. The van der Waals surface area contributed by atoms with Crippen molar-refractivity contribution in [3.8, 4) is 0 Å². The molecule has 0 bridgehead atoms. The topological polar surface area (TPSA) is 21.3 Å². The number of rotatable bonds is 5. The van der Waals surface area contributed by atoms with Crippen molar-refractivity contribution < 1.29 is 9.13 Å². The first-order valence-corrected chi connectivity index (χ1v) is 12.0. The van der Waals surface area contributed by atoms with Crippen LogP contribution in [0.1, 0.15) is 55.7 Å². The molecule has 32 heavy (non-hydrogen) atoms. The highest BCUT2D eigenvalue weighted by molar-refractivity contribution is 6.31. The zero-order valence-electron chi connectivity index (χ0n) is 18.4. The highest BCUT2D eigenvalue weighted by Crippen LogP contribution is 2.48. The third kappa shape index (κ3) is 5.06. The van der Waals surface area contributed by atoms with Gasteiger partial charge in [0.15, 0.2) is 0 Å². The van der Waals surface area contributed by atoms with Crippen LogP contribution in [0.4, 0.5) is 4.39 Å². The van der Waals surface area contributed by atoms with Gasteiger partial charge in [-0.2, -0.15) is 0 Å². The van der Waals surface area contributed by atoms with Gasteiger partial charge in [0.2, 0.25) is 0 Å². The van der Waals surface area contributed by atoms with Crippen LogP contribution in [0.25, 0.3) is 0 Å². The molecule has 1 heterocycles. The third-order valence-corrected chi connectivity index (χ3v) is 7.48. The number of hydrogen-bond donors (Lipinski definition) is 1. The van der Waals surface area contributed by atoms with Crippen LogP contribution in [0.15, 0.2) is 67.5 Å². The maximum absolute atomic E-state index is 14.6. The molecule has 2 aromatic rings. The molecule has 0 unspecified atom stereocenters. The van der Waals surface area contributed by atoms with Gasteiger partial charge >= 0.3 is 0 Å². The predicted molar refractivity (Wildman–Crippen MR) is 131 cm³/mol. The Bertz CT molecular complexity index is 1000. The largest absolute Gasteiger partial charge is 0.496 e. The van der Waals surface area contributed by atoms with Gasteiger partial charge in [0.1, 0.15) is 12.4 Å². The molecule has 170 valence electrons. The summed E-state index contributed by atoms with van der Waals surface area (Å²) in [7, 11) is 0. The van der Waals surface area contributed by atoms with Crippen molar-refractivity contribution >= 4 is 23.2 Å². The van der Waals surface area contributed by atoms with Gasteiger partial charge in [0, 0.05) is 28.4 Å². The molecule has 0 radical (unpaired) electrons. The Morgan fingerprint density at radius 1 is 1.19 bits per heavy atom. The second kappa shape index (κ2) is 9.59. The molecular weight excluding hydrogens is 444 g/mol. The molecule has 1 aliphatic carbocycles. The number of benzene rings is 2. The number of allylic oxidation sites excluding steroid dienone is 2. The van der Waals surface area contributed by atoms with Gasteiger partial charge in [-0.3, -0.25) is 0 Å². The first-order valence-electron chi connectivity index (χ1n) is 11.2. The van der Waals surface area contributed by atoms with Crippen LogP contribution >= 0.6 is 23.2 Å². The summed E-state index contributed by atoms with van der Waals surface area (Å²) in [6.45, 7) is 11.0. The molecule has 4 rings (SSSR count). The van der Waals surface area contributed by atoms with Crippen molar-refractivity contribution in [3.05, 3.63) is 94.4 Å². The Morgan fingerprint density at radius 3 is 2.62 bits per heavy atom. The van der Waals surface area contributed by atoms with Crippen molar-refractivity contribution in [1.29, 1.82) is 0 Å². The van der Waals surface area contributed by atoms with Gasteiger partial charge in [0.25, 0.3) is 0 Å². The molecule has 5 heteroatoms. The highest BCUT2D eigenvalue weighted by Gasteiger charge is 2.42. The lowest BCUT2D eigenvalue weighted by Gasteiger charge is -2.37. The van der Waals surface area contributed by atoms with Crippen LogP contribution in [0.3, 0.4) is 0 Å². The van der Waals surface area contributed by atoms with E-state index >= 15 is 0 Å². The summed E-state index contributed by atoms with van der Waals surface area (Å²) in [6, 6.07) is 13.1. The molecule has 2 nitrogen and oxygen atoms in total. The van der Waals surface area contributed by atoms with E-state index in [0.29, 0.717) is 17.5 Å². The summed E-state index contributed by atoms with van der Waals surface area (Å²) in [5.74, 6) is 0.929. The molecule has 2 aliphatic rings. The monoisotopic (exact) mass is 473 g/mol. The van der Waals surface area contributed by atoms with E-state index in [1.54, 1.807) is 12.1 Å². The van der Waals surface area contributed by atoms with E-state index in [1.165, 1.54) is 12.8 Å². The van der Waals surface area contributed by atoms with Crippen LogP contribution in [0.2, 0.25) is 10.0 Å². The third-order valence-electron chi connectivity index (χ3n) is 6.94. The highest BCUT2D eigenvalue weighted by atomic mass is 35.5. The van der Waals surface area contributed by atoms with Gasteiger partial charge < -0.3 is 10.1 Å². The summed E-state index contributed by atoms with van der Waals surface area (Å²) in [4.78, 5) is 0. The smallest absolute Gasteiger partial charge is 0.142 e. The van der Waals surface area contributed by atoms with Crippen LogP contribution in [0.5, 0.6) is 0 Å². The van der Waals surface area contributed by atoms with Gasteiger partial charge in [-0.25, -0.2) is 4.39 Å². The second-order valence-corrected chi connectivity index (χ2v) is 10.3. The Hall–Kier alpha value is -1.81. The number of halogens is 3. The second-order valence-electron chi connectivity index (χ2n) is 9.42. The standard InChI is InChI=1S/C27H30Cl2FNO/c1-4-12-27(3)15-22(19-6-5-7-21(28)13-19)26(20-10-11-23(29)24(30)14-20)31-25(18-8-9-18)16-32-17(27)2/h4-7,10-11,13-14,18,22,25-26,31H,1-2,8-9,12,15-16H2,3H3/t22-,25-,26-,27+/m1/s1. The quantitative estimate of drug-likeness (QED) is 0.446. The maximum atomic E-state index is 14.6. The summed E-state index contributed by atoms with van der Waals surface area (Å²) in [5.41, 5.74) is 1.65. The summed E-state index contributed by atoms with van der Waals surface area (Å²) in [5, 5.41) is 4.66. The summed E-state index contributed by atoms with van der Waals surface area (Å²) in [6.07, 6.45) is 5.74. The Morgan fingerprint density at radius 2 is 1.97 bits per heavy atom. The fourth-order valence-electron chi connectivity index (χ4n) is 4.84. The van der Waals surface area contributed by atoms with Crippen LogP contribution in [-0.2, 0) is 4.74 Å². The first kappa shape index (κ1) is 23.4. The minimum Gasteiger partial charge on any atom is -0.496 e. The lowest BCUT2D eigenvalue weighted by atomic mass is 9.71. The van der Waals surface area contributed by atoms with Crippen molar-refractivity contribution in [2.75, 3.05) is 6.61 Å². The van der Waals surface area contributed by atoms with E-state index in [-0.39, 0.29) is 28.4 Å². The van der Waals surface area contributed by atoms with E-state index < -0.39 is 5.82 Å². The lowest BCUT2D eigenvalue weighted by molar-refractivity contribution is 0.115. The molecule has 0 amide bonds. The molecule has 1 saturated carbocycles. The Labute approximate surface area is 200 Å². The van der Waals surface area contributed by atoms with Crippen molar-refractivity contribution in [2.24, 2.45) is 11.3 Å². The van der Waals surface area contributed by atoms with Crippen LogP contribution in [0, 0.1) is 17.2 Å². The van der Waals surface area contributed by atoms with Crippen LogP contribution < -0.4 is 5.32 Å². The summed E-state index contributed by atoms with van der Waals surface area (Å²) < 4.78 is 20.8. The molecule has 0 spiro atoms. The molecule has 1 saturated heterocycles. The van der Waals surface area contributed by atoms with Gasteiger partial charge in [-0.1, -0.05) is 61.0 Å². The normalized spacial score (nSPS) is 28.9. The molecule has 2 fully saturated rings. The fraction of sp³-hybridized carbons (Fsp3) is 0.407. The van der Waals surface area contributed by atoms with Gasteiger partial charge in [0.05, 0.1) is 10.8 Å². The zero-order valence-corrected chi connectivity index (χ0v) is 19.9. The SMILES string of the molecule is C=CC[C@@]1(C)C[C@H](c2cccc(Cl)c2)[C@@H](c2ccc(Cl)c(F)c2)N[C@@H](C2CC2)COC1=C. The zero-order chi connectivity index (χ0) is 22.9. The maximum Gasteiger partial charge on any atom is 0.142 e. The molecular formula is C27H30Cl2FNO. The van der Waals surface area contributed by atoms with Crippen molar-refractivity contribution in [1.82, 2.24) is 5.32 Å². The Balaban J connectivity index is 1.85. The average molecular weight is 474 g/mol. The van der Waals surface area contributed by atoms with Gasteiger partial charge in [-0.15, -0.1) is 6.58 Å². The molecule has 1 aliphatic heterocycles. The van der Waals surface area contributed by atoms with E-state index in [4.69, 9.17) is 27.9 Å². The minimum atomic E-state index is -0.409. The predicted octanol–water partition coefficient (Wildman–Crippen LogP) is 7.84.